The first kappa shape index (κ1) is 17.1. The van der Waals surface area contributed by atoms with Gasteiger partial charge in [0.1, 0.15) is 0 Å². The van der Waals surface area contributed by atoms with Gasteiger partial charge in [-0.2, -0.15) is 0 Å². The average molecular weight is 401 g/mol. The fourth-order valence-electron chi connectivity index (χ4n) is 2.66. The van der Waals surface area contributed by atoms with Gasteiger partial charge in [-0.1, -0.05) is 24.3 Å². The molecule has 0 atom stereocenters. The van der Waals surface area contributed by atoms with Crippen LogP contribution in [0.25, 0.3) is 0 Å². The maximum absolute atomic E-state index is 12.9. The Hall–Kier alpha value is -2.73. The molecule has 2 aromatic carbocycles. The molecule has 25 heavy (non-hydrogen) atoms. The molecule has 126 valence electrons. The van der Waals surface area contributed by atoms with E-state index in [1.165, 1.54) is 20.3 Å². The number of halogens is 1. The topological polar surface area (TPSA) is 69.7 Å². The SMILES string of the molecule is COc1cc(Br)c(C(=O)C2=CC(=O)c3ccccc3C2=O)cc1OC. The second kappa shape index (κ2) is 6.64. The predicted octanol–water partition coefficient (Wildman–Crippen LogP) is 3.65. The zero-order chi connectivity index (χ0) is 18.1. The molecule has 0 fully saturated rings. The van der Waals surface area contributed by atoms with Crippen LogP contribution in [-0.2, 0) is 0 Å². The molecule has 5 nitrogen and oxygen atoms in total. The third-order valence-corrected chi connectivity index (χ3v) is 4.58. The van der Waals surface area contributed by atoms with Crippen molar-refractivity contribution in [1.29, 1.82) is 0 Å². The molecule has 0 heterocycles. The van der Waals surface area contributed by atoms with Gasteiger partial charge < -0.3 is 9.47 Å². The highest BCUT2D eigenvalue weighted by Crippen LogP contribution is 2.35. The number of fused-ring (bicyclic) bond motifs is 1. The van der Waals surface area contributed by atoms with E-state index in [4.69, 9.17) is 9.47 Å². The zero-order valence-electron chi connectivity index (χ0n) is 13.5. The molecular formula is C19H13BrO5. The number of allylic oxidation sites excluding steroid dienone is 2. The van der Waals surface area contributed by atoms with Gasteiger partial charge in [-0.25, -0.2) is 0 Å². The fourth-order valence-corrected chi connectivity index (χ4v) is 3.16. The molecule has 0 aromatic heterocycles. The van der Waals surface area contributed by atoms with E-state index < -0.39 is 11.6 Å². The minimum Gasteiger partial charge on any atom is -0.493 e. The fraction of sp³-hybridized carbons (Fsp3) is 0.105. The van der Waals surface area contributed by atoms with Crippen LogP contribution in [0.5, 0.6) is 11.5 Å². The van der Waals surface area contributed by atoms with Crippen LogP contribution >= 0.6 is 15.9 Å². The van der Waals surface area contributed by atoms with E-state index >= 15 is 0 Å². The third kappa shape index (κ3) is 2.89. The second-order valence-electron chi connectivity index (χ2n) is 5.31. The minimum atomic E-state index is -0.555. The van der Waals surface area contributed by atoms with E-state index in [1.54, 1.807) is 30.3 Å². The molecule has 6 heteroatoms. The summed E-state index contributed by atoms with van der Waals surface area (Å²) >= 11 is 3.31. The van der Waals surface area contributed by atoms with Gasteiger partial charge in [0.15, 0.2) is 28.8 Å². The number of carbonyl (C=O) groups excluding carboxylic acids is 3. The van der Waals surface area contributed by atoms with E-state index in [-0.39, 0.29) is 22.5 Å². The Labute approximate surface area is 152 Å². The van der Waals surface area contributed by atoms with Crippen LogP contribution in [0.1, 0.15) is 31.1 Å². The molecule has 3 rings (SSSR count). The van der Waals surface area contributed by atoms with Crippen LogP contribution in [-0.4, -0.2) is 31.6 Å². The van der Waals surface area contributed by atoms with Crippen LogP contribution in [0.15, 0.2) is 52.5 Å². The number of hydrogen-bond donors (Lipinski definition) is 0. The number of carbonyl (C=O) groups is 3. The number of benzene rings is 2. The third-order valence-electron chi connectivity index (χ3n) is 3.92. The van der Waals surface area contributed by atoms with E-state index in [0.29, 0.717) is 21.5 Å². The second-order valence-corrected chi connectivity index (χ2v) is 6.17. The van der Waals surface area contributed by atoms with Crippen molar-refractivity contribution in [2.45, 2.75) is 0 Å². The largest absolute Gasteiger partial charge is 0.493 e. The van der Waals surface area contributed by atoms with Crippen molar-refractivity contribution in [3.63, 3.8) is 0 Å². The van der Waals surface area contributed by atoms with Crippen molar-refractivity contribution in [3.05, 3.63) is 69.2 Å². The Morgan fingerprint density at radius 2 is 1.56 bits per heavy atom. The van der Waals surface area contributed by atoms with Crippen molar-refractivity contribution in [2.75, 3.05) is 14.2 Å². The lowest BCUT2D eigenvalue weighted by molar-refractivity contribution is 0.0934. The van der Waals surface area contributed by atoms with Crippen molar-refractivity contribution >= 4 is 33.3 Å². The van der Waals surface area contributed by atoms with Crippen LogP contribution in [0.3, 0.4) is 0 Å². The number of Topliss-reactive ketones (excluding diaryl/α,β-unsaturated/α-hetero) is 2. The van der Waals surface area contributed by atoms with Crippen LogP contribution in [0.2, 0.25) is 0 Å². The first-order chi connectivity index (χ1) is 12.0. The maximum atomic E-state index is 12.9. The standard InChI is InChI=1S/C19H13BrO5/c1-24-16-8-12(14(20)9-17(16)25-2)19(23)13-7-15(21)10-5-3-4-6-11(10)18(13)22/h3-9H,1-2H3. The van der Waals surface area contributed by atoms with Gasteiger partial charge in [-0.05, 0) is 28.1 Å². The lowest BCUT2D eigenvalue weighted by Crippen LogP contribution is -2.22. The highest BCUT2D eigenvalue weighted by molar-refractivity contribution is 9.10. The molecule has 0 amide bonds. The monoisotopic (exact) mass is 400 g/mol. The van der Waals surface area contributed by atoms with Gasteiger partial charge in [0.25, 0.3) is 0 Å². The van der Waals surface area contributed by atoms with Gasteiger partial charge in [-0.3, -0.25) is 14.4 Å². The molecule has 0 spiro atoms. The van der Waals surface area contributed by atoms with E-state index in [9.17, 15) is 14.4 Å². The molecule has 0 saturated carbocycles. The van der Waals surface area contributed by atoms with Gasteiger partial charge in [0.05, 0.1) is 19.8 Å². The molecule has 0 radical (unpaired) electrons. The molecule has 0 bridgehead atoms. The summed E-state index contributed by atoms with van der Waals surface area (Å²) in [6.07, 6.45) is 1.09. The van der Waals surface area contributed by atoms with Crippen molar-refractivity contribution in [3.8, 4) is 11.5 Å². The molecule has 0 aliphatic heterocycles. The van der Waals surface area contributed by atoms with Crippen molar-refractivity contribution in [1.82, 2.24) is 0 Å². The molecular weight excluding hydrogens is 388 g/mol. The molecule has 0 saturated heterocycles. The smallest absolute Gasteiger partial charge is 0.198 e. The van der Waals surface area contributed by atoms with Gasteiger partial charge in [0, 0.05) is 27.2 Å². The first-order valence-corrected chi connectivity index (χ1v) is 8.13. The summed E-state index contributed by atoms with van der Waals surface area (Å²) in [6, 6.07) is 9.50. The predicted molar refractivity (Wildman–Crippen MR) is 94.8 cm³/mol. The highest BCUT2D eigenvalue weighted by Gasteiger charge is 2.31. The lowest BCUT2D eigenvalue weighted by atomic mass is 9.86. The Balaban J connectivity index is 2.08. The lowest BCUT2D eigenvalue weighted by Gasteiger charge is -2.16. The van der Waals surface area contributed by atoms with Crippen LogP contribution in [0.4, 0.5) is 0 Å². The van der Waals surface area contributed by atoms with Crippen molar-refractivity contribution in [2.24, 2.45) is 0 Å². The summed E-state index contributed by atoms with van der Waals surface area (Å²) in [7, 11) is 2.93. The van der Waals surface area contributed by atoms with Gasteiger partial charge in [0.2, 0.25) is 0 Å². The molecule has 1 aliphatic rings. The molecule has 0 unspecified atom stereocenters. The minimum absolute atomic E-state index is 0.170. The molecule has 0 N–H and O–H groups in total. The summed E-state index contributed by atoms with van der Waals surface area (Å²) in [5.74, 6) is -0.598. The summed E-state index contributed by atoms with van der Waals surface area (Å²) < 4.78 is 10.8. The quantitative estimate of drug-likeness (QED) is 0.578. The van der Waals surface area contributed by atoms with Gasteiger partial charge in [-0.15, -0.1) is 0 Å². The Bertz CT molecular complexity index is 943. The van der Waals surface area contributed by atoms with Crippen LogP contribution in [0, 0.1) is 0 Å². The maximum Gasteiger partial charge on any atom is 0.198 e. The first-order valence-electron chi connectivity index (χ1n) is 7.34. The van der Waals surface area contributed by atoms with Gasteiger partial charge >= 0.3 is 0 Å². The molecule has 2 aromatic rings. The number of rotatable bonds is 4. The normalized spacial score (nSPS) is 13.2. The number of hydrogen-bond acceptors (Lipinski definition) is 5. The van der Waals surface area contributed by atoms with Crippen molar-refractivity contribution < 1.29 is 23.9 Å². The Morgan fingerprint density at radius 1 is 0.960 bits per heavy atom. The van der Waals surface area contributed by atoms with Crippen LogP contribution < -0.4 is 9.47 Å². The number of methoxy groups -OCH3 is 2. The Kier molecular flexibility index (Phi) is 4.55. The average Bonchev–Trinajstić information content (AvgIpc) is 2.63. The number of ether oxygens (including phenoxy) is 2. The van der Waals surface area contributed by atoms with E-state index in [1.807, 2.05) is 0 Å². The number of ketones is 3. The molecule has 1 aliphatic carbocycles. The van der Waals surface area contributed by atoms with E-state index in [2.05, 4.69) is 15.9 Å². The van der Waals surface area contributed by atoms with E-state index in [0.717, 1.165) is 6.08 Å². The summed E-state index contributed by atoms with van der Waals surface area (Å²) in [5, 5.41) is 0. The summed E-state index contributed by atoms with van der Waals surface area (Å²) in [5.41, 5.74) is 0.575. The Morgan fingerprint density at radius 3 is 2.20 bits per heavy atom. The summed E-state index contributed by atoms with van der Waals surface area (Å²) in [4.78, 5) is 37.8. The highest BCUT2D eigenvalue weighted by atomic mass is 79.9. The zero-order valence-corrected chi connectivity index (χ0v) is 15.0. The summed E-state index contributed by atoms with van der Waals surface area (Å²) in [6.45, 7) is 0.